The topological polar surface area (TPSA) is 20.3 Å². The van der Waals surface area contributed by atoms with Gasteiger partial charge in [0.1, 0.15) is 0 Å². The average molecular weight is 296 g/mol. The van der Waals surface area contributed by atoms with Crippen molar-refractivity contribution in [1.82, 2.24) is 4.90 Å². The monoisotopic (exact) mass is 295 g/mol. The number of carbonyl (C=O) groups excluding carboxylic acids is 1. The van der Waals surface area contributed by atoms with Gasteiger partial charge in [-0.15, -0.1) is 0 Å². The molecule has 0 aromatic heterocycles. The van der Waals surface area contributed by atoms with Crippen LogP contribution in [0.4, 0.5) is 0 Å². The van der Waals surface area contributed by atoms with Crippen molar-refractivity contribution in [1.29, 1.82) is 0 Å². The van der Waals surface area contributed by atoms with E-state index in [4.69, 9.17) is 0 Å². The van der Waals surface area contributed by atoms with Gasteiger partial charge in [-0.3, -0.25) is 4.79 Å². The van der Waals surface area contributed by atoms with Gasteiger partial charge in [0.05, 0.1) is 0 Å². The molecule has 1 aliphatic rings. The summed E-state index contributed by atoms with van der Waals surface area (Å²) < 4.78 is 1.01. The van der Waals surface area contributed by atoms with Gasteiger partial charge in [0.15, 0.2) is 0 Å². The highest BCUT2D eigenvalue weighted by Gasteiger charge is 2.29. The van der Waals surface area contributed by atoms with Crippen LogP contribution in [0.1, 0.15) is 43.5 Å². The molecule has 0 N–H and O–H groups in total. The normalized spacial score (nSPS) is 24.8. The van der Waals surface area contributed by atoms with Crippen LogP contribution in [0.15, 0.2) is 28.7 Å². The van der Waals surface area contributed by atoms with Gasteiger partial charge in [0.2, 0.25) is 0 Å². The van der Waals surface area contributed by atoms with Crippen LogP contribution >= 0.6 is 15.9 Å². The molecular formula is C14H18BrNO. The summed E-state index contributed by atoms with van der Waals surface area (Å²) in [6, 6.07) is 8.34. The Morgan fingerprint density at radius 2 is 1.71 bits per heavy atom. The molecule has 0 radical (unpaired) electrons. The number of nitrogens with zero attached hydrogens (tertiary/aromatic N) is 1. The molecule has 1 saturated heterocycles. The van der Waals surface area contributed by atoms with Crippen LogP contribution < -0.4 is 0 Å². The number of carbonyl (C=O) groups is 1. The number of piperidine rings is 1. The van der Waals surface area contributed by atoms with Crippen LogP contribution in [0.3, 0.4) is 0 Å². The van der Waals surface area contributed by atoms with Crippen molar-refractivity contribution in [3.63, 3.8) is 0 Å². The third-order valence-electron chi connectivity index (χ3n) is 3.52. The summed E-state index contributed by atoms with van der Waals surface area (Å²) >= 11 is 3.39. The van der Waals surface area contributed by atoms with E-state index in [0.717, 1.165) is 22.9 Å². The predicted octanol–water partition coefficient (Wildman–Crippen LogP) is 3.85. The summed E-state index contributed by atoms with van der Waals surface area (Å²) in [6.45, 7) is 4.29. The van der Waals surface area contributed by atoms with Crippen molar-refractivity contribution in [3.05, 3.63) is 34.3 Å². The lowest BCUT2D eigenvalue weighted by atomic mass is 9.96. The summed E-state index contributed by atoms with van der Waals surface area (Å²) in [5.74, 6) is 0.164. The van der Waals surface area contributed by atoms with Crippen molar-refractivity contribution in [2.45, 2.75) is 45.2 Å². The summed E-state index contributed by atoms with van der Waals surface area (Å²) in [4.78, 5) is 14.5. The minimum absolute atomic E-state index is 0.164. The highest BCUT2D eigenvalue weighted by molar-refractivity contribution is 9.10. The zero-order chi connectivity index (χ0) is 12.4. The largest absolute Gasteiger partial charge is 0.333 e. The van der Waals surface area contributed by atoms with Crippen molar-refractivity contribution in [3.8, 4) is 0 Å². The maximum Gasteiger partial charge on any atom is 0.254 e. The molecule has 1 aliphatic heterocycles. The zero-order valence-electron chi connectivity index (χ0n) is 10.3. The zero-order valence-corrected chi connectivity index (χ0v) is 11.9. The van der Waals surface area contributed by atoms with Crippen LogP contribution in [0.2, 0.25) is 0 Å². The smallest absolute Gasteiger partial charge is 0.254 e. The van der Waals surface area contributed by atoms with Gasteiger partial charge in [-0.2, -0.15) is 0 Å². The highest BCUT2D eigenvalue weighted by Crippen LogP contribution is 2.25. The van der Waals surface area contributed by atoms with Crippen LogP contribution in [0.25, 0.3) is 0 Å². The van der Waals surface area contributed by atoms with Crippen molar-refractivity contribution >= 4 is 21.8 Å². The second-order valence-corrected chi connectivity index (χ2v) is 5.76. The van der Waals surface area contributed by atoms with E-state index in [2.05, 4.69) is 29.8 Å². The number of amides is 1. The summed E-state index contributed by atoms with van der Waals surface area (Å²) in [5, 5.41) is 0. The van der Waals surface area contributed by atoms with Gasteiger partial charge < -0.3 is 4.90 Å². The number of halogens is 1. The van der Waals surface area contributed by atoms with Crippen LogP contribution in [0, 0.1) is 0 Å². The van der Waals surface area contributed by atoms with Gasteiger partial charge in [0, 0.05) is 22.1 Å². The van der Waals surface area contributed by atoms with Gasteiger partial charge in [0.25, 0.3) is 5.91 Å². The van der Waals surface area contributed by atoms with Crippen molar-refractivity contribution in [2.75, 3.05) is 0 Å². The molecule has 2 nitrogen and oxygen atoms in total. The number of hydrogen-bond acceptors (Lipinski definition) is 1. The predicted molar refractivity (Wildman–Crippen MR) is 73.1 cm³/mol. The molecule has 3 heteroatoms. The molecule has 0 bridgehead atoms. The van der Waals surface area contributed by atoms with E-state index < -0.39 is 0 Å². The molecule has 0 unspecified atom stereocenters. The first-order chi connectivity index (χ1) is 8.09. The SMILES string of the molecule is C[C@@H]1CCC[C@H](C)N1C(=O)c1ccc(Br)cc1. The molecule has 17 heavy (non-hydrogen) atoms. The minimum Gasteiger partial charge on any atom is -0.333 e. The Morgan fingerprint density at radius 1 is 1.18 bits per heavy atom. The Kier molecular flexibility index (Phi) is 3.87. The minimum atomic E-state index is 0.164. The number of rotatable bonds is 1. The molecule has 0 saturated carbocycles. The van der Waals surface area contributed by atoms with E-state index in [0.29, 0.717) is 12.1 Å². The fraction of sp³-hybridized carbons (Fsp3) is 0.500. The van der Waals surface area contributed by atoms with Crippen LogP contribution in [0.5, 0.6) is 0 Å². The Morgan fingerprint density at radius 3 is 2.24 bits per heavy atom. The summed E-state index contributed by atoms with van der Waals surface area (Å²) in [7, 11) is 0. The first-order valence-electron chi connectivity index (χ1n) is 6.18. The van der Waals surface area contributed by atoms with Gasteiger partial charge in [-0.1, -0.05) is 15.9 Å². The lowest BCUT2D eigenvalue weighted by Gasteiger charge is -2.39. The maximum absolute atomic E-state index is 12.4. The van der Waals surface area contributed by atoms with Gasteiger partial charge in [-0.05, 0) is 57.4 Å². The third kappa shape index (κ3) is 2.71. The fourth-order valence-corrected chi connectivity index (χ4v) is 2.83. The molecule has 1 amide bonds. The molecule has 1 heterocycles. The van der Waals surface area contributed by atoms with Gasteiger partial charge >= 0.3 is 0 Å². The third-order valence-corrected chi connectivity index (χ3v) is 4.05. The molecule has 2 atom stereocenters. The van der Waals surface area contributed by atoms with Gasteiger partial charge in [-0.25, -0.2) is 0 Å². The lowest BCUT2D eigenvalue weighted by Crippen LogP contribution is -2.47. The molecule has 92 valence electrons. The Bertz CT molecular complexity index is 391. The maximum atomic E-state index is 12.4. The lowest BCUT2D eigenvalue weighted by molar-refractivity contribution is 0.0511. The number of likely N-dealkylation sites (tertiary alicyclic amines) is 1. The average Bonchev–Trinajstić information content (AvgIpc) is 2.29. The highest BCUT2D eigenvalue weighted by atomic mass is 79.9. The van der Waals surface area contributed by atoms with E-state index >= 15 is 0 Å². The molecular weight excluding hydrogens is 278 g/mol. The fourth-order valence-electron chi connectivity index (χ4n) is 2.56. The molecule has 1 fully saturated rings. The van der Waals surface area contributed by atoms with E-state index in [1.54, 1.807) is 0 Å². The first kappa shape index (κ1) is 12.6. The summed E-state index contributed by atoms with van der Waals surface area (Å²) in [6.07, 6.45) is 3.46. The van der Waals surface area contributed by atoms with E-state index in [-0.39, 0.29) is 5.91 Å². The van der Waals surface area contributed by atoms with Crippen molar-refractivity contribution < 1.29 is 4.79 Å². The molecule has 1 aromatic rings. The first-order valence-corrected chi connectivity index (χ1v) is 6.97. The molecule has 2 rings (SSSR count). The second kappa shape index (κ2) is 5.21. The standard InChI is InChI=1S/C14H18BrNO/c1-10-4-3-5-11(2)16(10)14(17)12-6-8-13(15)9-7-12/h6-11H,3-5H2,1-2H3/t10-,11+. The Labute approximate surface area is 111 Å². The van der Waals surface area contributed by atoms with Crippen LogP contribution in [-0.4, -0.2) is 22.9 Å². The van der Waals surface area contributed by atoms with Crippen molar-refractivity contribution in [2.24, 2.45) is 0 Å². The second-order valence-electron chi connectivity index (χ2n) is 4.85. The number of benzene rings is 1. The Balaban J connectivity index is 2.20. The Hall–Kier alpha value is -0.830. The molecule has 0 aliphatic carbocycles. The quantitative estimate of drug-likeness (QED) is 0.771. The number of hydrogen-bond donors (Lipinski definition) is 0. The summed E-state index contributed by atoms with van der Waals surface area (Å²) in [5.41, 5.74) is 0.786. The molecule has 1 aromatic carbocycles. The van der Waals surface area contributed by atoms with E-state index in [1.807, 2.05) is 29.2 Å². The van der Waals surface area contributed by atoms with E-state index in [1.165, 1.54) is 6.42 Å². The van der Waals surface area contributed by atoms with Crippen LogP contribution in [-0.2, 0) is 0 Å². The van der Waals surface area contributed by atoms with E-state index in [9.17, 15) is 4.79 Å². The molecule has 0 spiro atoms.